The summed E-state index contributed by atoms with van der Waals surface area (Å²) in [7, 11) is 0. The quantitative estimate of drug-likeness (QED) is 0.894. The van der Waals surface area contributed by atoms with Crippen molar-refractivity contribution >= 4 is 27.5 Å². The Hall–Kier alpha value is -0.0500. The van der Waals surface area contributed by atoms with Gasteiger partial charge in [0, 0.05) is 9.50 Å². The molecular weight excluding hydrogens is 263 g/mol. The maximum absolute atomic E-state index is 9.39. The Labute approximate surface area is 98.2 Å². The summed E-state index contributed by atoms with van der Waals surface area (Å²) in [5.41, 5.74) is 1.18. The second-order valence-corrected chi connectivity index (χ2v) is 4.95. The van der Waals surface area contributed by atoms with Crippen LogP contribution in [0, 0.1) is 5.92 Å². The first-order chi connectivity index (χ1) is 6.50. The molecule has 1 nitrogen and oxygen atoms in total. The maximum Gasteiger partial charge on any atom is 0.0540 e. The Morgan fingerprint density at radius 1 is 1.43 bits per heavy atom. The van der Waals surface area contributed by atoms with Crippen molar-refractivity contribution in [3.63, 3.8) is 0 Å². The summed E-state index contributed by atoms with van der Waals surface area (Å²) in [6.45, 7) is 3.85. The van der Waals surface area contributed by atoms with E-state index in [0.29, 0.717) is 0 Å². The van der Waals surface area contributed by atoms with Crippen molar-refractivity contribution in [1.82, 2.24) is 0 Å². The summed E-state index contributed by atoms with van der Waals surface area (Å²) in [4.78, 5) is 0. The largest absolute Gasteiger partial charge is 0.393 e. The van der Waals surface area contributed by atoms with Crippen LogP contribution in [0.5, 0.6) is 0 Å². The number of aliphatic hydroxyl groups excluding tert-OH is 1. The van der Waals surface area contributed by atoms with E-state index in [0.717, 1.165) is 15.9 Å². The molecule has 14 heavy (non-hydrogen) atoms. The molecule has 1 rings (SSSR count). The summed E-state index contributed by atoms with van der Waals surface area (Å²) in [5, 5.41) is 10.1. The van der Waals surface area contributed by atoms with Crippen LogP contribution in [-0.2, 0) is 6.42 Å². The first-order valence-corrected chi connectivity index (χ1v) is 5.79. The van der Waals surface area contributed by atoms with Gasteiger partial charge in [0.25, 0.3) is 0 Å². The average molecular weight is 278 g/mol. The zero-order valence-corrected chi connectivity index (χ0v) is 10.6. The summed E-state index contributed by atoms with van der Waals surface area (Å²) in [6, 6.07) is 5.74. The second-order valence-electron chi connectivity index (χ2n) is 3.66. The van der Waals surface area contributed by atoms with E-state index in [1.807, 2.05) is 32.0 Å². The third-order valence-electron chi connectivity index (χ3n) is 2.38. The summed E-state index contributed by atoms with van der Waals surface area (Å²) in [5.74, 6) is 0.257. The van der Waals surface area contributed by atoms with E-state index in [4.69, 9.17) is 11.6 Å². The van der Waals surface area contributed by atoms with Crippen molar-refractivity contribution < 1.29 is 5.11 Å². The van der Waals surface area contributed by atoms with Crippen molar-refractivity contribution in [2.24, 2.45) is 5.92 Å². The maximum atomic E-state index is 9.39. The normalized spacial score (nSPS) is 15.2. The summed E-state index contributed by atoms with van der Waals surface area (Å²) < 4.78 is 1.01. The van der Waals surface area contributed by atoms with Crippen LogP contribution < -0.4 is 0 Å². The smallest absolute Gasteiger partial charge is 0.0540 e. The number of rotatable bonds is 3. The van der Waals surface area contributed by atoms with Crippen LogP contribution in [0.15, 0.2) is 22.7 Å². The molecule has 0 spiro atoms. The third kappa shape index (κ3) is 3.26. The average Bonchev–Trinajstić information content (AvgIpc) is 2.09. The topological polar surface area (TPSA) is 20.2 Å². The molecule has 1 aromatic carbocycles. The van der Waals surface area contributed by atoms with E-state index in [1.165, 1.54) is 5.56 Å². The molecule has 0 bridgehead atoms. The van der Waals surface area contributed by atoms with Crippen LogP contribution in [0.1, 0.15) is 19.4 Å². The van der Waals surface area contributed by atoms with E-state index in [1.54, 1.807) is 0 Å². The Balaban J connectivity index is 2.77. The van der Waals surface area contributed by atoms with Crippen molar-refractivity contribution in [3.05, 3.63) is 33.3 Å². The minimum Gasteiger partial charge on any atom is -0.393 e. The molecule has 0 aromatic heterocycles. The molecule has 0 aliphatic heterocycles. The lowest BCUT2D eigenvalue weighted by Crippen LogP contribution is -2.15. The molecular formula is C11H14BrClO. The lowest BCUT2D eigenvalue weighted by molar-refractivity contribution is 0.135. The fourth-order valence-electron chi connectivity index (χ4n) is 1.20. The van der Waals surface area contributed by atoms with Gasteiger partial charge in [-0.3, -0.25) is 0 Å². The molecule has 78 valence electrons. The minimum absolute atomic E-state index is 0.257. The van der Waals surface area contributed by atoms with Gasteiger partial charge >= 0.3 is 0 Å². The highest BCUT2D eigenvalue weighted by molar-refractivity contribution is 9.10. The van der Waals surface area contributed by atoms with Gasteiger partial charge in [-0.15, -0.1) is 0 Å². The molecule has 2 unspecified atom stereocenters. The standard InChI is InChI=1S/C11H14BrClO/c1-7(8(2)14)5-9-3-4-10(13)6-11(9)12/h3-4,6-8,14H,5H2,1-2H3. The van der Waals surface area contributed by atoms with Crippen LogP contribution in [0.4, 0.5) is 0 Å². The van der Waals surface area contributed by atoms with Crippen LogP contribution in [0.2, 0.25) is 5.02 Å². The van der Waals surface area contributed by atoms with Gasteiger partial charge in [-0.25, -0.2) is 0 Å². The molecule has 0 amide bonds. The number of hydrogen-bond donors (Lipinski definition) is 1. The van der Waals surface area contributed by atoms with E-state index in [2.05, 4.69) is 15.9 Å². The summed E-state index contributed by atoms with van der Waals surface area (Å²) >= 11 is 9.30. The lowest BCUT2D eigenvalue weighted by atomic mass is 9.97. The molecule has 0 aliphatic rings. The zero-order valence-electron chi connectivity index (χ0n) is 8.30. The van der Waals surface area contributed by atoms with E-state index in [-0.39, 0.29) is 12.0 Å². The number of aliphatic hydroxyl groups is 1. The van der Waals surface area contributed by atoms with E-state index < -0.39 is 0 Å². The third-order valence-corrected chi connectivity index (χ3v) is 3.35. The highest BCUT2D eigenvalue weighted by atomic mass is 79.9. The number of benzene rings is 1. The summed E-state index contributed by atoms with van der Waals surface area (Å²) in [6.07, 6.45) is 0.577. The molecule has 0 aliphatic carbocycles. The molecule has 0 radical (unpaired) electrons. The van der Waals surface area contributed by atoms with Crippen LogP contribution in [-0.4, -0.2) is 11.2 Å². The Kier molecular flexibility index (Phi) is 4.42. The molecule has 2 atom stereocenters. The molecule has 0 saturated heterocycles. The molecule has 1 N–H and O–H groups in total. The van der Waals surface area contributed by atoms with Gasteiger partial charge in [0.1, 0.15) is 0 Å². The monoisotopic (exact) mass is 276 g/mol. The van der Waals surface area contributed by atoms with Crippen molar-refractivity contribution in [3.8, 4) is 0 Å². The lowest BCUT2D eigenvalue weighted by Gasteiger charge is -2.15. The Bertz CT molecular complexity index is 312. The van der Waals surface area contributed by atoms with Gasteiger partial charge in [0.15, 0.2) is 0 Å². The van der Waals surface area contributed by atoms with Gasteiger partial charge < -0.3 is 5.11 Å². The van der Waals surface area contributed by atoms with Crippen LogP contribution >= 0.6 is 27.5 Å². The SMILES string of the molecule is CC(O)C(C)Cc1ccc(Cl)cc1Br. The highest BCUT2D eigenvalue weighted by Crippen LogP contribution is 2.24. The second kappa shape index (κ2) is 5.15. The van der Waals surface area contributed by atoms with Gasteiger partial charge in [-0.05, 0) is 37.0 Å². The Morgan fingerprint density at radius 3 is 2.57 bits per heavy atom. The van der Waals surface area contributed by atoms with Crippen molar-refractivity contribution in [1.29, 1.82) is 0 Å². The molecule has 3 heteroatoms. The van der Waals surface area contributed by atoms with Crippen LogP contribution in [0.3, 0.4) is 0 Å². The van der Waals surface area contributed by atoms with Crippen molar-refractivity contribution in [2.45, 2.75) is 26.4 Å². The predicted molar refractivity (Wildman–Crippen MR) is 63.7 cm³/mol. The minimum atomic E-state index is -0.280. The Morgan fingerprint density at radius 2 is 2.07 bits per heavy atom. The zero-order chi connectivity index (χ0) is 10.7. The first kappa shape index (κ1) is 12.0. The first-order valence-electron chi connectivity index (χ1n) is 4.62. The van der Waals surface area contributed by atoms with Gasteiger partial charge in [0.2, 0.25) is 0 Å². The number of hydrogen-bond acceptors (Lipinski definition) is 1. The predicted octanol–water partition coefficient (Wildman–Crippen LogP) is 3.66. The molecule has 1 aromatic rings. The fraction of sp³-hybridized carbons (Fsp3) is 0.455. The van der Waals surface area contributed by atoms with Crippen molar-refractivity contribution in [2.75, 3.05) is 0 Å². The van der Waals surface area contributed by atoms with E-state index in [9.17, 15) is 5.11 Å². The van der Waals surface area contributed by atoms with Gasteiger partial charge in [-0.1, -0.05) is 40.5 Å². The molecule has 0 heterocycles. The molecule has 0 saturated carbocycles. The van der Waals surface area contributed by atoms with Gasteiger partial charge in [0.05, 0.1) is 6.10 Å². The van der Waals surface area contributed by atoms with Crippen LogP contribution in [0.25, 0.3) is 0 Å². The highest BCUT2D eigenvalue weighted by Gasteiger charge is 2.11. The van der Waals surface area contributed by atoms with Gasteiger partial charge in [-0.2, -0.15) is 0 Å². The number of halogens is 2. The fourth-order valence-corrected chi connectivity index (χ4v) is 2.05. The van der Waals surface area contributed by atoms with E-state index >= 15 is 0 Å². The molecule has 0 fully saturated rings.